The van der Waals surface area contributed by atoms with Crippen LogP contribution in [-0.2, 0) is 17.8 Å². The third kappa shape index (κ3) is 5.81. The maximum atomic E-state index is 10.5. The zero-order valence-corrected chi connectivity index (χ0v) is 15.4. The quantitative estimate of drug-likeness (QED) is 0.491. The van der Waals surface area contributed by atoms with Crippen LogP contribution in [0, 0.1) is 0 Å². The lowest BCUT2D eigenvalue weighted by molar-refractivity contribution is -0.137. The van der Waals surface area contributed by atoms with Gasteiger partial charge in [0.1, 0.15) is 12.4 Å². The van der Waals surface area contributed by atoms with E-state index in [0.29, 0.717) is 6.61 Å². The van der Waals surface area contributed by atoms with Crippen LogP contribution in [0.1, 0.15) is 43.2 Å². The Bertz CT molecular complexity index is 891. The normalized spacial score (nSPS) is 10.8. The van der Waals surface area contributed by atoms with E-state index in [1.807, 2.05) is 30.3 Å². The summed E-state index contributed by atoms with van der Waals surface area (Å²) < 4.78 is 6.08. The fraction of sp³-hybridized carbons (Fsp3) is 0.304. The first kappa shape index (κ1) is 18.9. The number of hydrogen-bond donors (Lipinski definition) is 1. The Labute approximate surface area is 159 Å². The van der Waals surface area contributed by atoms with Crippen molar-refractivity contribution < 1.29 is 14.6 Å². The summed E-state index contributed by atoms with van der Waals surface area (Å²) in [6.45, 7) is 0.528. The summed E-state index contributed by atoms with van der Waals surface area (Å²) in [6, 6.07) is 18.4. The van der Waals surface area contributed by atoms with Crippen molar-refractivity contribution >= 4 is 16.9 Å². The molecule has 1 aromatic heterocycles. The minimum atomic E-state index is -0.710. The van der Waals surface area contributed by atoms with Crippen molar-refractivity contribution in [2.24, 2.45) is 0 Å². The van der Waals surface area contributed by atoms with Gasteiger partial charge in [-0.25, -0.2) is 0 Å². The standard InChI is InChI=1S/C23H25NO3/c25-23(26)12-4-2-1-3-8-19-9-5-6-11-22(19)27-17-18-13-14-21-20(16-18)10-7-15-24-21/h5-7,9-11,13-16H,1-4,8,12,17H2,(H,25,26). The summed E-state index contributed by atoms with van der Waals surface area (Å²) in [6.07, 6.45) is 6.81. The van der Waals surface area contributed by atoms with E-state index in [4.69, 9.17) is 9.84 Å². The molecule has 0 aliphatic rings. The number of aliphatic carboxylic acids is 1. The highest BCUT2D eigenvalue weighted by Crippen LogP contribution is 2.23. The van der Waals surface area contributed by atoms with E-state index < -0.39 is 5.97 Å². The Morgan fingerprint density at radius 3 is 2.70 bits per heavy atom. The van der Waals surface area contributed by atoms with Crippen molar-refractivity contribution in [1.82, 2.24) is 4.98 Å². The van der Waals surface area contributed by atoms with Gasteiger partial charge in [0.2, 0.25) is 0 Å². The fourth-order valence-electron chi connectivity index (χ4n) is 3.17. The van der Waals surface area contributed by atoms with E-state index >= 15 is 0 Å². The van der Waals surface area contributed by atoms with Gasteiger partial charge in [0, 0.05) is 18.0 Å². The van der Waals surface area contributed by atoms with Crippen molar-refractivity contribution in [1.29, 1.82) is 0 Å². The molecule has 4 nitrogen and oxygen atoms in total. The van der Waals surface area contributed by atoms with Gasteiger partial charge in [0.15, 0.2) is 0 Å². The van der Waals surface area contributed by atoms with E-state index in [1.54, 1.807) is 6.20 Å². The number of unbranched alkanes of at least 4 members (excludes halogenated alkanes) is 3. The average molecular weight is 363 g/mol. The number of benzene rings is 2. The van der Waals surface area contributed by atoms with E-state index in [2.05, 4.69) is 29.2 Å². The predicted octanol–water partition coefficient (Wildman–Crippen LogP) is 5.39. The highest BCUT2D eigenvalue weighted by Gasteiger charge is 2.05. The molecule has 0 saturated heterocycles. The molecule has 1 N–H and O–H groups in total. The molecule has 0 saturated carbocycles. The molecular formula is C23H25NO3. The molecule has 0 unspecified atom stereocenters. The van der Waals surface area contributed by atoms with Crippen LogP contribution < -0.4 is 4.74 Å². The Hall–Kier alpha value is -2.88. The minimum Gasteiger partial charge on any atom is -0.489 e. The topological polar surface area (TPSA) is 59.4 Å². The van der Waals surface area contributed by atoms with E-state index in [0.717, 1.165) is 54.3 Å². The summed E-state index contributed by atoms with van der Waals surface area (Å²) >= 11 is 0. The van der Waals surface area contributed by atoms with Gasteiger partial charge in [-0.1, -0.05) is 43.2 Å². The molecule has 140 valence electrons. The SMILES string of the molecule is O=C(O)CCCCCCc1ccccc1OCc1ccc2ncccc2c1. The molecule has 0 bridgehead atoms. The number of aryl methyl sites for hydroxylation is 1. The Balaban J connectivity index is 1.53. The fourth-order valence-corrected chi connectivity index (χ4v) is 3.17. The molecular weight excluding hydrogens is 338 g/mol. The van der Waals surface area contributed by atoms with Crippen LogP contribution >= 0.6 is 0 Å². The van der Waals surface area contributed by atoms with Crippen LogP contribution in [0.4, 0.5) is 0 Å². The van der Waals surface area contributed by atoms with Crippen molar-refractivity contribution in [3.8, 4) is 5.75 Å². The molecule has 0 atom stereocenters. The zero-order chi connectivity index (χ0) is 18.9. The molecule has 0 aliphatic heterocycles. The molecule has 3 rings (SSSR count). The second-order valence-corrected chi connectivity index (χ2v) is 6.73. The number of para-hydroxylation sites is 1. The molecule has 2 aromatic carbocycles. The molecule has 4 heteroatoms. The number of ether oxygens (including phenoxy) is 1. The Morgan fingerprint density at radius 1 is 0.963 bits per heavy atom. The second-order valence-electron chi connectivity index (χ2n) is 6.73. The largest absolute Gasteiger partial charge is 0.489 e. The van der Waals surface area contributed by atoms with Crippen molar-refractivity contribution in [2.75, 3.05) is 0 Å². The molecule has 0 amide bonds. The third-order valence-electron chi connectivity index (χ3n) is 4.62. The third-order valence-corrected chi connectivity index (χ3v) is 4.62. The van der Waals surface area contributed by atoms with Gasteiger partial charge >= 0.3 is 5.97 Å². The molecule has 0 fully saturated rings. The molecule has 27 heavy (non-hydrogen) atoms. The molecule has 3 aromatic rings. The van der Waals surface area contributed by atoms with Gasteiger partial charge in [0.25, 0.3) is 0 Å². The summed E-state index contributed by atoms with van der Waals surface area (Å²) in [5.41, 5.74) is 3.32. The highest BCUT2D eigenvalue weighted by molar-refractivity contribution is 5.78. The lowest BCUT2D eigenvalue weighted by Gasteiger charge is -2.12. The first-order chi connectivity index (χ1) is 13.2. The molecule has 1 heterocycles. The number of carboxylic acids is 1. The average Bonchev–Trinajstić information content (AvgIpc) is 2.69. The maximum Gasteiger partial charge on any atom is 0.303 e. The lowest BCUT2D eigenvalue weighted by Crippen LogP contribution is -1.99. The smallest absolute Gasteiger partial charge is 0.303 e. The van der Waals surface area contributed by atoms with Gasteiger partial charge in [-0.05, 0) is 54.7 Å². The minimum absolute atomic E-state index is 0.265. The lowest BCUT2D eigenvalue weighted by atomic mass is 10.0. The van der Waals surface area contributed by atoms with E-state index in [1.165, 1.54) is 5.56 Å². The van der Waals surface area contributed by atoms with Crippen LogP contribution in [-0.4, -0.2) is 16.1 Å². The number of pyridine rings is 1. The summed E-state index contributed by atoms with van der Waals surface area (Å²) in [4.78, 5) is 14.9. The molecule has 0 spiro atoms. The van der Waals surface area contributed by atoms with Crippen molar-refractivity contribution in [2.45, 2.75) is 45.1 Å². The first-order valence-electron chi connectivity index (χ1n) is 9.48. The highest BCUT2D eigenvalue weighted by atomic mass is 16.5. The predicted molar refractivity (Wildman–Crippen MR) is 107 cm³/mol. The van der Waals surface area contributed by atoms with Gasteiger partial charge < -0.3 is 9.84 Å². The number of carbonyl (C=O) groups is 1. The monoisotopic (exact) mass is 363 g/mol. The zero-order valence-electron chi connectivity index (χ0n) is 15.4. The maximum absolute atomic E-state index is 10.5. The molecule has 0 aliphatic carbocycles. The first-order valence-corrected chi connectivity index (χ1v) is 9.48. The number of carboxylic acid groups (broad SMARTS) is 1. The van der Waals surface area contributed by atoms with Crippen LogP contribution in [0.3, 0.4) is 0 Å². The molecule has 0 radical (unpaired) electrons. The number of aromatic nitrogens is 1. The van der Waals surface area contributed by atoms with Crippen molar-refractivity contribution in [3.05, 3.63) is 71.9 Å². The van der Waals surface area contributed by atoms with Crippen LogP contribution in [0.5, 0.6) is 5.75 Å². The summed E-state index contributed by atoms with van der Waals surface area (Å²) in [5.74, 6) is 0.215. The van der Waals surface area contributed by atoms with Gasteiger partial charge in [-0.3, -0.25) is 9.78 Å². The number of rotatable bonds is 10. The van der Waals surface area contributed by atoms with Crippen LogP contribution in [0.2, 0.25) is 0 Å². The second kappa shape index (κ2) is 9.72. The van der Waals surface area contributed by atoms with Crippen molar-refractivity contribution in [3.63, 3.8) is 0 Å². The number of fused-ring (bicyclic) bond motifs is 1. The van der Waals surface area contributed by atoms with Crippen LogP contribution in [0.25, 0.3) is 10.9 Å². The summed E-state index contributed by atoms with van der Waals surface area (Å²) in [7, 11) is 0. The van der Waals surface area contributed by atoms with Gasteiger partial charge in [-0.2, -0.15) is 0 Å². The van der Waals surface area contributed by atoms with Gasteiger partial charge in [0.05, 0.1) is 5.52 Å². The Kier molecular flexibility index (Phi) is 6.80. The Morgan fingerprint density at radius 2 is 1.81 bits per heavy atom. The van der Waals surface area contributed by atoms with Gasteiger partial charge in [-0.15, -0.1) is 0 Å². The summed E-state index contributed by atoms with van der Waals surface area (Å²) in [5, 5.41) is 9.79. The number of nitrogens with zero attached hydrogens (tertiary/aromatic N) is 1. The van der Waals surface area contributed by atoms with E-state index in [-0.39, 0.29) is 6.42 Å². The number of hydrogen-bond acceptors (Lipinski definition) is 3. The van der Waals surface area contributed by atoms with E-state index in [9.17, 15) is 4.79 Å². The van der Waals surface area contributed by atoms with Crippen LogP contribution in [0.15, 0.2) is 60.8 Å².